The van der Waals surface area contributed by atoms with Crippen LogP contribution in [-0.2, 0) is 0 Å². The van der Waals surface area contributed by atoms with Gasteiger partial charge in [-0.1, -0.05) is 0 Å². The molecule has 6 heteroatoms. The largest absolute Gasteiger partial charge is 0.339 e. The quantitative estimate of drug-likeness (QED) is 0.544. The summed E-state index contributed by atoms with van der Waals surface area (Å²) in [6.07, 6.45) is 3.43. The van der Waals surface area contributed by atoms with Crippen LogP contribution in [0.25, 0.3) is 33.2 Å². The van der Waals surface area contributed by atoms with Gasteiger partial charge in [0.2, 0.25) is 11.9 Å². The van der Waals surface area contributed by atoms with Gasteiger partial charge in [-0.05, 0) is 30.3 Å². The molecule has 102 valence electrons. The summed E-state index contributed by atoms with van der Waals surface area (Å²) in [5.41, 5.74) is 2.09. The second-order valence-electron chi connectivity index (χ2n) is 4.61. The number of fused-ring (bicyclic) bond motifs is 3. The van der Waals surface area contributed by atoms with Gasteiger partial charge in [-0.3, -0.25) is 4.98 Å². The number of nitrogens with one attached hydrogen (secondary N) is 1. The molecule has 1 N–H and O–H groups in total. The minimum atomic E-state index is -0.875. The maximum Gasteiger partial charge on any atom is 0.224 e. The Morgan fingerprint density at radius 2 is 1.81 bits per heavy atom. The minimum absolute atomic E-state index is 0.162. The summed E-state index contributed by atoms with van der Waals surface area (Å²) in [5, 5.41) is 1.85. The van der Waals surface area contributed by atoms with E-state index in [9.17, 15) is 8.78 Å². The molecule has 0 aliphatic carbocycles. The number of nitrogens with zero attached hydrogens (tertiary/aromatic N) is 3. The topological polar surface area (TPSA) is 54.5 Å². The molecule has 0 unspecified atom stereocenters. The van der Waals surface area contributed by atoms with Crippen molar-refractivity contribution in [2.75, 3.05) is 0 Å². The fourth-order valence-electron chi connectivity index (χ4n) is 2.37. The van der Waals surface area contributed by atoms with Crippen LogP contribution in [0.4, 0.5) is 8.78 Å². The van der Waals surface area contributed by atoms with Crippen molar-refractivity contribution in [1.29, 1.82) is 0 Å². The number of aromatic amines is 1. The summed E-state index contributed by atoms with van der Waals surface area (Å²) in [6, 6.07) is 7.80. The predicted molar refractivity (Wildman–Crippen MR) is 74.5 cm³/mol. The van der Waals surface area contributed by atoms with Gasteiger partial charge in [-0.15, -0.1) is 0 Å². The van der Waals surface area contributed by atoms with Crippen LogP contribution >= 0.6 is 0 Å². The zero-order valence-corrected chi connectivity index (χ0v) is 10.6. The highest BCUT2D eigenvalue weighted by molar-refractivity contribution is 6.05. The molecule has 4 nitrogen and oxygen atoms in total. The first-order valence-electron chi connectivity index (χ1n) is 6.27. The number of hydrogen-bond acceptors (Lipinski definition) is 3. The predicted octanol–water partition coefficient (Wildman–Crippen LogP) is 3.45. The summed E-state index contributed by atoms with van der Waals surface area (Å²) in [4.78, 5) is 14.8. The molecular weight excluding hydrogens is 273 g/mol. The van der Waals surface area contributed by atoms with E-state index in [1.165, 1.54) is 6.07 Å². The molecule has 0 bridgehead atoms. The van der Waals surface area contributed by atoms with E-state index in [2.05, 4.69) is 19.9 Å². The van der Waals surface area contributed by atoms with Gasteiger partial charge in [-0.2, -0.15) is 13.8 Å². The Hall–Kier alpha value is -2.89. The third-order valence-electron chi connectivity index (χ3n) is 3.35. The first kappa shape index (κ1) is 11.9. The average molecular weight is 281 g/mol. The molecule has 0 aliphatic heterocycles. The average Bonchev–Trinajstić information content (AvgIpc) is 2.84. The Balaban J connectivity index is 1.96. The van der Waals surface area contributed by atoms with Crippen molar-refractivity contribution in [1.82, 2.24) is 19.9 Å². The Morgan fingerprint density at radius 3 is 2.67 bits per heavy atom. The molecule has 4 heterocycles. The molecule has 0 amide bonds. The first-order valence-corrected chi connectivity index (χ1v) is 6.27. The van der Waals surface area contributed by atoms with Crippen molar-refractivity contribution >= 4 is 21.9 Å². The number of halogens is 2. The first-order chi connectivity index (χ1) is 10.2. The van der Waals surface area contributed by atoms with E-state index in [1.54, 1.807) is 18.5 Å². The molecule has 0 spiro atoms. The van der Waals surface area contributed by atoms with Crippen molar-refractivity contribution < 1.29 is 8.78 Å². The van der Waals surface area contributed by atoms with Crippen LogP contribution in [-0.4, -0.2) is 19.9 Å². The van der Waals surface area contributed by atoms with Gasteiger partial charge < -0.3 is 4.98 Å². The standard InChI is InChI=1S/C15H8F2N4/c16-13-4-2-9(14(17)21-13)11-3-1-8-10-7-18-6-5-12(10)20-15(8)19-11/h1-7H,(H,19,20)/i16+0,17-1. The smallest absolute Gasteiger partial charge is 0.224 e. The van der Waals surface area contributed by atoms with Crippen molar-refractivity contribution in [3.8, 4) is 11.3 Å². The second-order valence-corrected chi connectivity index (χ2v) is 4.61. The van der Waals surface area contributed by atoms with Gasteiger partial charge in [-0.25, -0.2) is 4.98 Å². The Morgan fingerprint density at radius 1 is 0.905 bits per heavy atom. The fraction of sp³-hybridized carbons (Fsp3) is 0. The van der Waals surface area contributed by atoms with E-state index in [1.807, 2.05) is 12.1 Å². The molecule has 0 aromatic carbocycles. The molecule has 0 saturated carbocycles. The lowest BCUT2D eigenvalue weighted by molar-refractivity contribution is 0.515. The molecule has 0 atom stereocenters. The van der Waals surface area contributed by atoms with Gasteiger partial charge in [0.25, 0.3) is 0 Å². The fourth-order valence-corrected chi connectivity index (χ4v) is 2.37. The van der Waals surface area contributed by atoms with E-state index in [4.69, 9.17) is 0 Å². The van der Waals surface area contributed by atoms with E-state index < -0.39 is 11.9 Å². The lowest BCUT2D eigenvalue weighted by Crippen LogP contribution is -1.94. The Kier molecular flexibility index (Phi) is 2.44. The SMILES string of the molecule is [18F]c1nc([19F])ccc1-c1ccc2c(n1)[nH]c1ccncc12. The molecular formula is C15H8F2N4. The third kappa shape index (κ3) is 1.84. The van der Waals surface area contributed by atoms with Crippen LogP contribution in [0.3, 0.4) is 0 Å². The Labute approximate surface area is 117 Å². The number of H-pyrrole nitrogens is 1. The highest BCUT2D eigenvalue weighted by Gasteiger charge is 2.11. The summed E-state index contributed by atoms with van der Waals surface area (Å²) < 4.78 is 26.6. The summed E-state index contributed by atoms with van der Waals surface area (Å²) >= 11 is 0. The lowest BCUT2D eigenvalue weighted by atomic mass is 10.1. The lowest BCUT2D eigenvalue weighted by Gasteiger charge is -2.02. The van der Waals surface area contributed by atoms with Crippen molar-refractivity contribution in [2.45, 2.75) is 0 Å². The van der Waals surface area contributed by atoms with Gasteiger partial charge in [0.15, 0.2) is 0 Å². The molecule has 0 fully saturated rings. The van der Waals surface area contributed by atoms with Gasteiger partial charge in [0.1, 0.15) is 5.65 Å². The third-order valence-corrected chi connectivity index (χ3v) is 3.35. The van der Waals surface area contributed by atoms with Crippen LogP contribution in [0.2, 0.25) is 0 Å². The second kappa shape index (κ2) is 4.31. The molecule has 0 aliphatic rings. The maximum atomic E-state index is 13.7. The van der Waals surface area contributed by atoms with Crippen LogP contribution in [0.5, 0.6) is 0 Å². The van der Waals surface area contributed by atoms with Gasteiger partial charge in [0, 0.05) is 23.2 Å². The normalized spacial score (nSPS) is 11.3. The van der Waals surface area contributed by atoms with E-state index in [0.29, 0.717) is 11.3 Å². The van der Waals surface area contributed by atoms with Crippen LogP contribution in [0.15, 0.2) is 42.7 Å². The summed E-state index contributed by atoms with van der Waals surface area (Å²) in [6.45, 7) is 0. The van der Waals surface area contributed by atoms with Crippen molar-refractivity contribution in [3.63, 3.8) is 0 Å². The number of aromatic nitrogens is 4. The van der Waals surface area contributed by atoms with E-state index >= 15 is 0 Å². The van der Waals surface area contributed by atoms with Crippen LogP contribution < -0.4 is 0 Å². The molecule has 4 rings (SSSR count). The van der Waals surface area contributed by atoms with Gasteiger partial charge in [0.05, 0.1) is 16.8 Å². The van der Waals surface area contributed by atoms with Crippen molar-refractivity contribution in [2.24, 2.45) is 0 Å². The summed E-state index contributed by atoms with van der Waals surface area (Å²) in [5.74, 6) is -1.73. The van der Waals surface area contributed by atoms with Crippen LogP contribution in [0.1, 0.15) is 0 Å². The maximum absolute atomic E-state index is 13.7. The molecule has 4 aromatic rings. The zero-order chi connectivity index (χ0) is 14.4. The van der Waals surface area contributed by atoms with Gasteiger partial charge >= 0.3 is 0 Å². The number of hydrogen-bond donors (Lipinski definition) is 1. The highest BCUT2D eigenvalue weighted by atomic mass is 19.1. The van der Waals surface area contributed by atoms with E-state index in [0.717, 1.165) is 22.4 Å². The summed E-state index contributed by atoms with van der Waals surface area (Å²) in [7, 11) is 0. The van der Waals surface area contributed by atoms with E-state index in [-0.39, 0.29) is 5.56 Å². The Bertz CT molecular complexity index is 978. The van der Waals surface area contributed by atoms with Crippen molar-refractivity contribution in [3.05, 3.63) is 54.6 Å². The number of pyridine rings is 3. The zero-order valence-electron chi connectivity index (χ0n) is 10.6. The molecule has 21 heavy (non-hydrogen) atoms. The minimum Gasteiger partial charge on any atom is -0.339 e. The molecule has 0 radical (unpaired) electrons. The molecule has 4 aromatic heterocycles. The number of rotatable bonds is 1. The highest BCUT2D eigenvalue weighted by Crippen LogP contribution is 2.27. The molecule has 0 saturated heterocycles. The monoisotopic (exact) mass is 281 g/mol. The van der Waals surface area contributed by atoms with Crippen LogP contribution in [0, 0.1) is 11.9 Å².